The highest BCUT2D eigenvalue weighted by atomic mass is 16.4. The highest BCUT2D eigenvalue weighted by Gasteiger charge is 2.19. The Morgan fingerprint density at radius 1 is 1.20 bits per heavy atom. The summed E-state index contributed by atoms with van der Waals surface area (Å²) >= 11 is 0. The Labute approximate surface area is 144 Å². The van der Waals surface area contributed by atoms with Crippen molar-refractivity contribution in [1.29, 1.82) is 0 Å². The van der Waals surface area contributed by atoms with Gasteiger partial charge in [0.15, 0.2) is 11.5 Å². The van der Waals surface area contributed by atoms with Crippen molar-refractivity contribution in [2.45, 2.75) is 38.8 Å². The number of Topliss-reactive ketones (excluding diaryl/α,β-unsaturated/α-hetero) is 1. The standard InChI is InChI=1S/C9H11NO3.C7H11NO4/c10-7(5-11)3-6-1-2-8(12)9(13)4-6;1-4(9)3-6(7(11)12)8-5(2)10/h1-2,4-5,7,12-13H,3,10H2;6H,3H2,1-2H3,(H,8,10)(H,11,12)/t7-;6-/m00/s1. The van der Waals surface area contributed by atoms with Crippen LogP contribution in [-0.2, 0) is 25.6 Å². The van der Waals surface area contributed by atoms with Crippen LogP contribution < -0.4 is 11.1 Å². The monoisotopic (exact) mass is 354 g/mol. The quantitative estimate of drug-likeness (QED) is 0.329. The predicted molar refractivity (Wildman–Crippen MR) is 88.1 cm³/mol. The Kier molecular flexibility index (Phi) is 9.50. The second-order valence-electron chi connectivity index (χ2n) is 5.32. The average Bonchev–Trinajstić information content (AvgIpc) is 2.50. The van der Waals surface area contributed by atoms with Crippen molar-refractivity contribution in [2.24, 2.45) is 5.73 Å². The molecule has 138 valence electrons. The smallest absolute Gasteiger partial charge is 0.326 e. The zero-order valence-electron chi connectivity index (χ0n) is 13.9. The van der Waals surface area contributed by atoms with E-state index in [0.717, 1.165) is 5.56 Å². The van der Waals surface area contributed by atoms with Crippen molar-refractivity contribution in [1.82, 2.24) is 5.32 Å². The minimum Gasteiger partial charge on any atom is -0.504 e. The van der Waals surface area contributed by atoms with Crippen LogP contribution in [0.4, 0.5) is 0 Å². The van der Waals surface area contributed by atoms with Crippen LogP contribution >= 0.6 is 0 Å². The summed E-state index contributed by atoms with van der Waals surface area (Å²) in [5.74, 6) is -2.29. The number of aldehydes is 1. The summed E-state index contributed by atoms with van der Waals surface area (Å²) < 4.78 is 0. The highest BCUT2D eigenvalue weighted by molar-refractivity contribution is 5.87. The van der Waals surface area contributed by atoms with Gasteiger partial charge in [0, 0.05) is 13.3 Å². The van der Waals surface area contributed by atoms with Crippen LogP contribution in [0.25, 0.3) is 0 Å². The minimum atomic E-state index is -1.19. The van der Waals surface area contributed by atoms with E-state index in [1.165, 1.54) is 26.0 Å². The van der Waals surface area contributed by atoms with E-state index < -0.39 is 24.0 Å². The molecule has 0 aromatic heterocycles. The van der Waals surface area contributed by atoms with Crippen molar-refractivity contribution < 1.29 is 34.5 Å². The number of hydrogen-bond donors (Lipinski definition) is 5. The van der Waals surface area contributed by atoms with Gasteiger partial charge in [-0.2, -0.15) is 0 Å². The molecule has 2 atom stereocenters. The molecule has 0 saturated heterocycles. The molecule has 25 heavy (non-hydrogen) atoms. The molecule has 0 bridgehead atoms. The molecule has 0 radical (unpaired) electrons. The third-order valence-electron chi connectivity index (χ3n) is 2.85. The first-order chi connectivity index (χ1) is 11.6. The van der Waals surface area contributed by atoms with Crippen molar-refractivity contribution >= 4 is 23.9 Å². The number of phenols is 2. The number of benzene rings is 1. The molecule has 0 aliphatic carbocycles. The van der Waals surface area contributed by atoms with Crippen LogP contribution in [-0.4, -0.2) is 51.3 Å². The fourth-order valence-corrected chi connectivity index (χ4v) is 1.75. The summed E-state index contributed by atoms with van der Waals surface area (Å²) in [7, 11) is 0. The lowest BCUT2D eigenvalue weighted by Crippen LogP contribution is -2.40. The number of amides is 1. The van der Waals surface area contributed by atoms with Crippen LogP contribution in [0.2, 0.25) is 0 Å². The summed E-state index contributed by atoms with van der Waals surface area (Å²) in [6.07, 6.45) is 0.830. The third kappa shape index (κ3) is 9.72. The molecule has 0 unspecified atom stereocenters. The van der Waals surface area contributed by atoms with Crippen molar-refractivity contribution in [3.05, 3.63) is 23.8 Å². The molecular formula is C16H22N2O7. The van der Waals surface area contributed by atoms with E-state index in [-0.39, 0.29) is 23.7 Å². The largest absolute Gasteiger partial charge is 0.504 e. The lowest BCUT2D eigenvalue weighted by Gasteiger charge is -2.10. The SMILES string of the molecule is CC(=O)C[C@H](NC(C)=O)C(=O)O.N[C@H](C=O)Cc1ccc(O)c(O)c1. The van der Waals surface area contributed by atoms with Gasteiger partial charge in [0.05, 0.1) is 6.04 Å². The molecule has 1 aromatic carbocycles. The Bertz CT molecular complexity index is 615. The second-order valence-corrected chi connectivity index (χ2v) is 5.32. The van der Waals surface area contributed by atoms with E-state index in [1.807, 2.05) is 0 Å². The molecular weight excluding hydrogens is 332 g/mol. The fourth-order valence-electron chi connectivity index (χ4n) is 1.75. The van der Waals surface area contributed by atoms with Crippen molar-refractivity contribution in [2.75, 3.05) is 0 Å². The number of nitrogens with one attached hydrogen (secondary N) is 1. The summed E-state index contributed by atoms with van der Waals surface area (Å²) in [6, 6.07) is 2.70. The van der Waals surface area contributed by atoms with E-state index in [9.17, 15) is 19.2 Å². The van der Waals surface area contributed by atoms with Gasteiger partial charge in [0.1, 0.15) is 18.1 Å². The van der Waals surface area contributed by atoms with Gasteiger partial charge in [0.2, 0.25) is 5.91 Å². The van der Waals surface area contributed by atoms with Crippen molar-refractivity contribution in [3.8, 4) is 11.5 Å². The van der Waals surface area contributed by atoms with Crippen LogP contribution in [0.3, 0.4) is 0 Å². The van der Waals surface area contributed by atoms with Gasteiger partial charge >= 0.3 is 5.97 Å². The van der Waals surface area contributed by atoms with Crippen LogP contribution in [0, 0.1) is 0 Å². The fraction of sp³-hybridized carbons (Fsp3) is 0.375. The summed E-state index contributed by atoms with van der Waals surface area (Å²) in [4.78, 5) is 41.6. The van der Waals surface area contributed by atoms with E-state index in [4.69, 9.17) is 21.1 Å². The first-order valence-corrected chi connectivity index (χ1v) is 7.27. The molecule has 1 amide bonds. The minimum absolute atomic E-state index is 0.172. The number of aromatic hydroxyl groups is 2. The molecule has 9 heteroatoms. The Morgan fingerprint density at radius 3 is 2.20 bits per heavy atom. The number of carbonyl (C=O) groups excluding carboxylic acids is 3. The normalized spacial score (nSPS) is 12.1. The number of phenolic OH excluding ortho intramolecular Hbond substituents is 2. The number of aliphatic carboxylic acids is 1. The lowest BCUT2D eigenvalue weighted by molar-refractivity contribution is -0.143. The van der Waals surface area contributed by atoms with E-state index in [2.05, 4.69) is 5.32 Å². The molecule has 0 saturated carbocycles. The molecule has 0 fully saturated rings. The van der Waals surface area contributed by atoms with E-state index >= 15 is 0 Å². The van der Waals surface area contributed by atoms with Crippen LogP contribution in [0.15, 0.2) is 18.2 Å². The summed E-state index contributed by atoms with van der Waals surface area (Å²) in [6.45, 7) is 2.48. The maximum Gasteiger partial charge on any atom is 0.326 e. The number of carboxylic acid groups (broad SMARTS) is 1. The highest BCUT2D eigenvalue weighted by Crippen LogP contribution is 2.25. The third-order valence-corrected chi connectivity index (χ3v) is 2.85. The van der Waals surface area contributed by atoms with E-state index in [0.29, 0.717) is 12.7 Å². The average molecular weight is 354 g/mol. The maximum absolute atomic E-state index is 10.5. The molecule has 0 heterocycles. The number of nitrogens with two attached hydrogens (primary N) is 1. The summed E-state index contributed by atoms with van der Waals surface area (Å²) in [5, 5.41) is 28.7. The predicted octanol–water partition coefficient (Wildman–Crippen LogP) is -0.279. The van der Waals surface area contributed by atoms with Gasteiger partial charge in [-0.25, -0.2) is 4.79 Å². The first kappa shape index (κ1) is 22.1. The zero-order valence-corrected chi connectivity index (χ0v) is 13.9. The number of ketones is 1. The number of carbonyl (C=O) groups is 4. The van der Waals surface area contributed by atoms with Crippen molar-refractivity contribution in [3.63, 3.8) is 0 Å². The number of hydrogen-bond acceptors (Lipinski definition) is 7. The molecule has 6 N–H and O–H groups in total. The van der Waals surface area contributed by atoms with Gasteiger partial charge in [-0.05, 0) is 31.0 Å². The number of carboxylic acids is 1. The topological polar surface area (TPSA) is 167 Å². The van der Waals surface area contributed by atoms with Gasteiger partial charge in [0.25, 0.3) is 0 Å². The van der Waals surface area contributed by atoms with E-state index in [1.54, 1.807) is 6.07 Å². The Morgan fingerprint density at radius 2 is 1.80 bits per heavy atom. The molecule has 9 nitrogen and oxygen atoms in total. The van der Waals surface area contributed by atoms with Gasteiger partial charge in [-0.1, -0.05) is 6.07 Å². The summed E-state index contributed by atoms with van der Waals surface area (Å²) in [5.41, 5.74) is 6.10. The van der Waals surface area contributed by atoms with Gasteiger partial charge in [-0.3, -0.25) is 9.59 Å². The Balaban J connectivity index is 0.000000463. The van der Waals surface area contributed by atoms with Crippen LogP contribution in [0.1, 0.15) is 25.8 Å². The van der Waals surface area contributed by atoms with Gasteiger partial charge in [-0.15, -0.1) is 0 Å². The van der Waals surface area contributed by atoms with Gasteiger partial charge < -0.3 is 31.2 Å². The maximum atomic E-state index is 10.5. The molecule has 1 aromatic rings. The molecule has 0 spiro atoms. The molecule has 0 aliphatic rings. The van der Waals surface area contributed by atoms with Crippen LogP contribution in [0.5, 0.6) is 11.5 Å². The first-order valence-electron chi connectivity index (χ1n) is 7.27. The second kappa shape index (κ2) is 10.8. The number of rotatable bonds is 7. The Hall–Kier alpha value is -2.94. The molecule has 1 rings (SSSR count). The zero-order chi connectivity index (χ0) is 19.6. The lowest BCUT2D eigenvalue weighted by atomic mass is 10.1. The molecule has 0 aliphatic heterocycles.